The summed E-state index contributed by atoms with van der Waals surface area (Å²) < 4.78 is 38.4. The van der Waals surface area contributed by atoms with Gasteiger partial charge in [-0.05, 0) is 32.4 Å². The minimum atomic E-state index is -4.43. The van der Waals surface area contributed by atoms with E-state index in [1.165, 1.54) is 0 Å². The van der Waals surface area contributed by atoms with Crippen molar-refractivity contribution in [1.29, 1.82) is 0 Å². The highest BCUT2D eigenvalue weighted by Gasteiger charge is 2.33. The number of hydrogen-bond donors (Lipinski definition) is 2. The number of halogens is 3. The monoisotopic (exact) mass is 276 g/mol. The van der Waals surface area contributed by atoms with Crippen LogP contribution in [0.1, 0.15) is 32.8 Å². The third kappa shape index (κ3) is 3.50. The normalized spacial score (nSPS) is 12.4. The van der Waals surface area contributed by atoms with Crippen LogP contribution in [0.5, 0.6) is 0 Å². The molecule has 19 heavy (non-hydrogen) atoms. The molecule has 0 bridgehead atoms. The Balaban J connectivity index is 3.28. The van der Waals surface area contributed by atoms with Crippen molar-refractivity contribution < 1.29 is 13.2 Å². The van der Waals surface area contributed by atoms with Gasteiger partial charge in [0.2, 0.25) is 0 Å². The Labute approximate surface area is 110 Å². The van der Waals surface area contributed by atoms with Crippen molar-refractivity contribution in [3.8, 4) is 0 Å². The first-order valence-corrected chi connectivity index (χ1v) is 5.91. The summed E-state index contributed by atoms with van der Waals surface area (Å²) in [6.45, 7) is 5.83. The maximum atomic E-state index is 12.8. The number of nitrogens with one attached hydrogen (secondary N) is 1. The summed E-state index contributed by atoms with van der Waals surface area (Å²) in [5.41, 5.74) is 1.09. The Morgan fingerprint density at radius 1 is 1.32 bits per heavy atom. The lowest BCUT2D eigenvalue weighted by molar-refractivity contribution is -0.137. The van der Waals surface area contributed by atoms with E-state index in [4.69, 9.17) is 5.84 Å². The second kappa shape index (κ2) is 5.24. The molecule has 3 N–H and O–H groups in total. The molecule has 0 aliphatic rings. The number of nitrogens with two attached hydrogens (primary N) is 1. The minimum absolute atomic E-state index is 0.0106. The fourth-order valence-corrected chi connectivity index (χ4v) is 1.47. The van der Waals surface area contributed by atoms with Crippen molar-refractivity contribution in [2.75, 3.05) is 17.4 Å². The van der Waals surface area contributed by atoms with Crippen LogP contribution >= 0.6 is 0 Å². The number of nitrogen functional groups attached to an aromatic ring is 1. The van der Waals surface area contributed by atoms with Crippen LogP contribution in [0, 0.1) is 0 Å². The van der Waals surface area contributed by atoms with Crippen molar-refractivity contribution in [1.82, 2.24) is 4.98 Å². The van der Waals surface area contributed by atoms with Gasteiger partial charge in [-0.15, -0.1) is 0 Å². The van der Waals surface area contributed by atoms with E-state index in [1.54, 1.807) is 11.9 Å². The van der Waals surface area contributed by atoms with Crippen LogP contribution in [0.2, 0.25) is 0 Å². The molecule has 0 amide bonds. The molecule has 1 aromatic heterocycles. The molecule has 0 aliphatic heterocycles. The second-order valence-electron chi connectivity index (χ2n) is 4.97. The molecule has 1 rings (SSSR count). The van der Waals surface area contributed by atoms with Gasteiger partial charge in [0, 0.05) is 12.6 Å². The molecule has 0 spiro atoms. The molecule has 1 heterocycles. The number of hydrogen-bond acceptors (Lipinski definition) is 4. The lowest BCUT2D eigenvalue weighted by Crippen LogP contribution is -2.41. The van der Waals surface area contributed by atoms with Gasteiger partial charge in [0.25, 0.3) is 0 Å². The standard InChI is InChI=1S/C12H19F3N4/c1-5-11(2,3)19(4)10-7-8(12(13,14)15)6-9(17-10)18-16/h6-7H,5,16H2,1-4H3,(H,17,18). The summed E-state index contributed by atoms with van der Waals surface area (Å²) >= 11 is 0. The average molecular weight is 276 g/mol. The Morgan fingerprint density at radius 2 is 1.89 bits per heavy atom. The van der Waals surface area contributed by atoms with Crippen LogP contribution in [-0.4, -0.2) is 17.6 Å². The Hall–Kier alpha value is -1.50. The third-order valence-corrected chi connectivity index (χ3v) is 3.40. The Bertz CT molecular complexity index is 443. The zero-order valence-electron chi connectivity index (χ0n) is 11.5. The van der Waals surface area contributed by atoms with Gasteiger partial charge in [-0.2, -0.15) is 13.2 Å². The maximum Gasteiger partial charge on any atom is 0.416 e. The van der Waals surface area contributed by atoms with Crippen LogP contribution in [0.3, 0.4) is 0 Å². The van der Waals surface area contributed by atoms with E-state index in [1.807, 2.05) is 20.8 Å². The summed E-state index contributed by atoms with van der Waals surface area (Å²) in [7, 11) is 1.71. The number of alkyl halides is 3. The summed E-state index contributed by atoms with van der Waals surface area (Å²) in [5, 5.41) is 0. The van der Waals surface area contributed by atoms with Crippen molar-refractivity contribution >= 4 is 11.6 Å². The molecule has 0 atom stereocenters. The predicted molar refractivity (Wildman–Crippen MR) is 69.8 cm³/mol. The van der Waals surface area contributed by atoms with Gasteiger partial charge in [-0.3, -0.25) is 0 Å². The first kappa shape index (κ1) is 15.6. The Kier molecular flexibility index (Phi) is 4.29. The molecule has 0 saturated carbocycles. The molecule has 0 aliphatic carbocycles. The van der Waals surface area contributed by atoms with Gasteiger partial charge in [-0.25, -0.2) is 10.8 Å². The van der Waals surface area contributed by atoms with Crippen molar-refractivity contribution in [2.24, 2.45) is 5.84 Å². The highest BCUT2D eigenvalue weighted by molar-refractivity contribution is 5.51. The summed E-state index contributed by atoms with van der Waals surface area (Å²) in [4.78, 5) is 5.78. The predicted octanol–water partition coefficient (Wildman–Crippen LogP) is 3.01. The zero-order valence-corrected chi connectivity index (χ0v) is 11.5. The molecular weight excluding hydrogens is 257 g/mol. The largest absolute Gasteiger partial charge is 0.416 e. The van der Waals surface area contributed by atoms with E-state index >= 15 is 0 Å². The van der Waals surface area contributed by atoms with E-state index in [2.05, 4.69) is 10.4 Å². The van der Waals surface area contributed by atoms with Gasteiger partial charge in [0.1, 0.15) is 11.6 Å². The van der Waals surface area contributed by atoms with Gasteiger partial charge < -0.3 is 10.3 Å². The number of pyridine rings is 1. The van der Waals surface area contributed by atoms with E-state index < -0.39 is 11.7 Å². The number of anilines is 2. The summed E-state index contributed by atoms with van der Waals surface area (Å²) in [5.74, 6) is 5.39. The van der Waals surface area contributed by atoms with Crippen molar-refractivity contribution in [2.45, 2.75) is 38.9 Å². The van der Waals surface area contributed by atoms with Gasteiger partial charge in [-0.1, -0.05) is 6.92 Å². The van der Waals surface area contributed by atoms with Crippen LogP contribution in [0.25, 0.3) is 0 Å². The van der Waals surface area contributed by atoms with E-state index in [0.29, 0.717) is 0 Å². The first-order chi connectivity index (χ1) is 8.61. The zero-order chi connectivity index (χ0) is 14.8. The first-order valence-electron chi connectivity index (χ1n) is 5.91. The van der Waals surface area contributed by atoms with Crippen LogP contribution in [-0.2, 0) is 6.18 Å². The molecule has 0 radical (unpaired) electrons. The second-order valence-corrected chi connectivity index (χ2v) is 4.97. The highest BCUT2D eigenvalue weighted by atomic mass is 19.4. The fraction of sp³-hybridized carbons (Fsp3) is 0.583. The fourth-order valence-electron chi connectivity index (χ4n) is 1.47. The van der Waals surface area contributed by atoms with Gasteiger partial charge >= 0.3 is 6.18 Å². The Morgan fingerprint density at radius 3 is 2.32 bits per heavy atom. The minimum Gasteiger partial charge on any atom is -0.354 e. The van der Waals surface area contributed by atoms with Crippen LogP contribution in [0.4, 0.5) is 24.8 Å². The summed E-state index contributed by atoms with van der Waals surface area (Å²) in [6.07, 6.45) is -3.66. The lowest BCUT2D eigenvalue weighted by Gasteiger charge is -2.36. The molecule has 0 fully saturated rings. The molecular formula is C12H19F3N4. The number of hydrazine groups is 1. The average Bonchev–Trinajstić information content (AvgIpc) is 2.36. The van der Waals surface area contributed by atoms with Gasteiger partial charge in [0.15, 0.2) is 0 Å². The molecule has 4 nitrogen and oxygen atoms in total. The molecule has 108 valence electrons. The van der Waals surface area contributed by atoms with E-state index in [0.717, 1.165) is 18.6 Å². The molecule has 7 heteroatoms. The molecule has 0 saturated heterocycles. The molecule has 0 aromatic carbocycles. The highest BCUT2D eigenvalue weighted by Crippen LogP contribution is 2.34. The quantitative estimate of drug-likeness (QED) is 0.655. The molecule has 1 aromatic rings. The SMILES string of the molecule is CCC(C)(C)N(C)c1cc(C(F)(F)F)cc(NN)n1. The van der Waals surface area contributed by atoms with Gasteiger partial charge in [0.05, 0.1) is 5.56 Å². The smallest absolute Gasteiger partial charge is 0.354 e. The number of rotatable bonds is 4. The van der Waals surface area contributed by atoms with Crippen LogP contribution < -0.4 is 16.2 Å². The maximum absolute atomic E-state index is 12.8. The van der Waals surface area contributed by atoms with Crippen molar-refractivity contribution in [3.05, 3.63) is 17.7 Å². The topological polar surface area (TPSA) is 54.2 Å². The molecule has 0 unspecified atom stereocenters. The number of aromatic nitrogens is 1. The van der Waals surface area contributed by atoms with E-state index in [-0.39, 0.29) is 17.2 Å². The lowest BCUT2D eigenvalue weighted by atomic mass is 10.00. The third-order valence-electron chi connectivity index (χ3n) is 3.40. The van der Waals surface area contributed by atoms with Crippen molar-refractivity contribution in [3.63, 3.8) is 0 Å². The summed E-state index contributed by atoms with van der Waals surface area (Å²) in [6, 6.07) is 1.91. The number of nitrogens with zero attached hydrogens (tertiary/aromatic N) is 2. The van der Waals surface area contributed by atoms with E-state index in [9.17, 15) is 13.2 Å². The van der Waals surface area contributed by atoms with Crippen LogP contribution in [0.15, 0.2) is 12.1 Å².